The first-order valence-corrected chi connectivity index (χ1v) is 9.37. The van der Waals surface area contributed by atoms with E-state index in [0.717, 1.165) is 52.9 Å². The Morgan fingerprint density at radius 2 is 1.93 bits per heavy atom. The van der Waals surface area contributed by atoms with Gasteiger partial charge in [-0.1, -0.05) is 26.3 Å². The average molecular weight is 373 g/mol. The summed E-state index contributed by atoms with van der Waals surface area (Å²) < 4.78 is 31.7. The molecule has 0 radical (unpaired) electrons. The first-order valence-electron chi connectivity index (χ1n) is 9.37. The third-order valence-corrected chi connectivity index (χ3v) is 4.83. The number of alkyl halides is 2. The Labute approximate surface area is 158 Å². The van der Waals surface area contributed by atoms with Gasteiger partial charge in [0, 0.05) is 24.2 Å². The number of benzene rings is 1. The summed E-state index contributed by atoms with van der Waals surface area (Å²) in [5.74, 6) is 1.18. The minimum atomic E-state index is -2.83. The predicted molar refractivity (Wildman–Crippen MR) is 103 cm³/mol. The van der Waals surface area contributed by atoms with E-state index in [2.05, 4.69) is 35.1 Å². The summed E-state index contributed by atoms with van der Waals surface area (Å²) in [5.41, 5.74) is 4.48. The van der Waals surface area contributed by atoms with Crippen molar-refractivity contribution in [1.29, 1.82) is 0 Å². The summed E-state index contributed by atoms with van der Waals surface area (Å²) >= 11 is 0. The molecule has 3 rings (SSSR count). The molecule has 0 fully saturated rings. The summed E-state index contributed by atoms with van der Waals surface area (Å²) in [6, 6.07) is 7.26. The molecule has 0 N–H and O–H groups in total. The molecule has 1 atom stereocenters. The van der Waals surface area contributed by atoms with Crippen molar-refractivity contribution in [3.8, 4) is 16.9 Å². The number of nitrogens with zero attached hydrogens (tertiary/aromatic N) is 3. The monoisotopic (exact) mass is 373 g/mol. The fourth-order valence-corrected chi connectivity index (χ4v) is 3.63. The molecule has 6 heteroatoms. The number of ether oxygens (including phenoxy) is 1. The van der Waals surface area contributed by atoms with E-state index >= 15 is 0 Å². The summed E-state index contributed by atoms with van der Waals surface area (Å²) in [7, 11) is 0. The largest absolute Gasteiger partial charge is 0.435 e. The van der Waals surface area contributed by atoms with E-state index in [0.29, 0.717) is 6.04 Å². The maximum atomic E-state index is 12.5. The Kier molecular flexibility index (Phi) is 5.73. The summed E-state index contributed by atoms with van der Waals surface area (Å²) in [6.45, 7) is 5.52. The fraction of sp³-hybridized carbons (Fsp3) is 0.429. The smallest absolute Gasteiger partial charge is 0.387 e. The van der Waals surface area contributed by atoms with Crippen molar-refractivity contribution in [1.82, 2.24) is 14.5 Å². The molecule has 0 aliphatic rings. The molecule has 4 nitrogen and oxygen atoms in total. The maximum absolute atomic E-state index is 12.5. The molecule has 1 aromatic carbocycles. The molecule has 0 saturated carbocycles. The minimum Gasteiger partial charge on any atom is -0.435 e. The molecule has 27 heavy (non-hydrogen) atoms. The van der Waals surface area contributed by atoms with Gasteiger partial charge in [-0.25, -0.2) is 9.97 Å². The Bertz CT molecular complexity index is 937. The second kappa shape index (κ2) is 8.03. The van der Waals surface area contributed by atoms with Crippen molar-refractivity contribution >= 4 is 11.2 Å². The number of fused-ring (bicyclic) bond motifs is 1. The second-order valence-electron chi connectivity index (χ2n) is 6.78. The van der Waals surface area contributed by atoms with Crippen LogP contribution in [0.3, 0.4) is 0 Å². The summed E-state index contributed by atoms with van der Waals surface area (Å²) in [6.07, 6.45) is 4.76. The van der Waals surface area contributed by atoms with Crippen LogP contribution in [0.15, 0.2) is 30.5 Å². The van der Waals surface area contributed by atoms with E-state index < -0.39 is 6.61 Å². The van der Waals surface area contributed by atoms with Gasteiger partial charge in [-0.2, -0.15) is 8.78 Å². The highest BCUT2D eigenvalue weighted by atomic mass is 19.3. The topological polar surface area (TPSA) is 39.9 Å². The lowest BCUT2D eigenvalue weighted by atomic mass is 10.0. The molecular weight excluding hydrogens is 348 g/mol. The fourth-order valence-electron chi connectivity index (χ4n) is 3.63. The molecule has 0 aliphatic carbocycles. The number of aryl methyl sites for hydroxylation is 2. The van der Waals surface area contributed by atoms with Crippen LogP contribution in [0.25, 0.3) is 22.3 Å². The highest BCUT2D eigenvalue weighted by Crippen LogP contribution is 2.33. The van der Waals surface area contributed by atoms with Crippen molar-refractivity contribution in [3.63, 3.8) is 0 Å². The number of halogens is 2. The lowest BCUT2D eigenvalue weighted by Crippen LogP contribution is -2.09. The van der Waals surface area contributed by atoms with Gasteiger partial charge in [0.1, 0.15) is 17.1 Å². The molecule has 3 aromatic rings. The van der Waals surface area contributed by atoms with E-state index in [-0.39, 0.29) is 5.75 Å². The summed E-state index contributed by atoms with van der Waals surface area (Å²) in [5, 5.41) is 0. The van der Waals surface area contributed by atoms with Crippen molar-refractivity contribution in [2.24, 2.45) is 0 Å². The van der Waals surface area contributed by atoms with Crippen molar-refractivity contribution in [2.75, 3.05) is 0 Å². The zero-order valence-electron chi connectivity index (χ0n) is 16.2. The molecule has 2 aromatic heterocycles. The molecule has 2 heterocycles. The lowest BCUT2D eigenvalue weighted by molar-refractivity contribution is -0.0498. The summed E-state index contributed by atoms with van der Waals surface area (Å²) in [4.78, 5) is 9.47. The van der Waals surface area contributed by atoms with Crippen LogP contribution in [0.5, 0.6) is 5.75 Å². The highest BCUT2D eigenvalue weighted by molar-refractivity contribution is 5.91. The predicted octanol–water partition coefficient (Wildman–Crippen LogP) is 5.93. The highest BCUT2D eigenvalue weighted by Gasteiger charge is 2.19. The van der Waals surface area contributed by atoms with Crippen LogP contribution in [-0.4, -0.2) is 21.1 Å². The van der Waals surface area contributed by atoms with Gasteiger partial charge in [-0.05, 0) is 49.6 Å². The third kappa shape index (κ3) is 3.80. The molecule has 1 unspecified atom stereocenters. The molecule has 144 valence electrons. The van der Waals surface area contributed by atoms with Crippen LogP contribution < -0.4 is 4.74 Å². The van der Waals surface area contributed by atoms with Crippen LogP contribution in [0.1, 0.15) is 51.0 Å². The van der Waals surface area contributed by atoms with Gasteiger partial charge >= 0.3 is 6.61 Å². The Hall–Kier alpha value is -2.50. The minimum absolute atomic E-state index is 0.160. The van der Waals surface area contributed by atoms with Gasteiger partial charge in [-0.3, -0.25) is 0 Å². The normalized spacial score (nSPS) is 12.7. The van der Waals surface area contributed by atoms with Gasteiger partial charge in [0.25, 0.3) is 0 Å². The van der Waals surface area contributed by atoms with Crippen LogP contribution in [0, 0.1) is 6.92 Å². The van der Waals surface area contributed by atoms with E-state index in [1.807, 2.05) is 19.1 Å². The van der Waals surface area contributed by atoms with Crippen molar-refractivity contribution in [3.05, 3.63) is 41.9 Å². The SMILES string of the molecule is CCCC(C)n1c(CC)nc2c(-c3ccc(OC(F)F)cc3C)ccnc21. The van der Waals surface area contributed by atoms with Gasteiger partial charge in [0.15, 0.2) is 5.65 Å². The van der Waals surface area contributed by atoms with Gasteiger partial charge in [0.2, 0.25) is 0 Å². The Morgan fingerprint density at radius 3 is 2.56 bits per heavy atom. The quantitative estimate of drug-likeness (QED) is 0.515. The van der Waals surface area contributed by atoms with Gasteiger partial charge in [0.05, 0.1) is 0 Å². The van der Waals surface area contributed by atoms with Crippen molar-refractivity contribution in [2.45, 2.75) is 59.6 Å². The number of aromatic nitrogens is 3. The Balaban J connectivity index is 2.13. The van der Waals surface area contributed by atoms with Crippen LogP contribution in [-0.2, 0) is 6.42 Å². The third-order valence-electron chi connectivity index (χ3n) is 4.83. The van der Waals surface area contributed by atoms with Gasteiger partial charge in [-0.15, -0.1) is 0 Å². The first kappa shape index (κ1) is 19.3. The average Bonchev–Trinajstić information content (AvgIpc) is 3.00. The Morgan fingerprint density at radius 1 is 1.15 bits per heavy atom. The first-order chi connectivity index (χ1) is 13.0. The number of hydrogen-bond donors (Lipinski definition) is 0. The maximum Gasteiger partial charge on any atom is 0.387 e. The van der Waals surface area contributed by atoms with Crippen LogP contribution in [0.4, 0.5) is 8.78 Å². The van der Waals surface area contributed by atoms with Crippen LogP contribution in [0.2, 0.25) is 0 Å². The van der Waals surface area contributed by atoms with Gasteiger partial charge < -0.3 is 9.30 Å². The van der Waals surface area contributed by atoms with Crippen molar-refractivity contribution < 1.29 is 13.5 Å². The number of pyridine rings is 1. The zero-order valence-corrected chi connectivity index (χ0v) is 16.2. The van der Waals surface area contributed by atoms with E-state index in [1.165, 1.54) is 0 Å². The second-order valence-corrected chi connectivity index (χ2v) is 6.78. The number of hydrogen-bond acceptors (Lipinski definition) is 3. The van der Waals surface area contributed by atoms with E-state index in [9.17, 15) is 8.78 Å². The standard InChI is InChI=1S/C21H25F2N3O/c1-5-7-14(4)26-18(6-2)25-19-17(10-11-24-20(19)26)16-9-8-15(12-13(16)3)27-21(22)23/h8-12,14,21H,5-7H2,1-4H3. The molecule has 0 amide bonds. The lowest BCUT2D eigenvalue weighted by Gasteiger charge is -2.16. The van der Waals surface area contributed by atoms with E-state index in [4.69, 9.17) is 4.98 Å². The zero-order chi connectivity index (χ0) is 19.6. The molecule has 0 spiro atoms. The van der Waals surface area contributed by atoms with Crippen LogP contribution >= 0.6 is 0 Å². The molecular formula is C21H25F2N3O. The molecule has 0 bridgehead atoms. The number of rotatable bonds is 7. The molecule has 0 aliphatic heterocycles. The van der Waals surface area contributed by atoms with E-state index in [1.54, 1.807) is 18.3 Å². The molecule has 0 saturated heterocycles. The number of imidazole rings is 1.